The van der Waals surface area contributed by atoms with Gasteiger partial charge >= 0.3 is 11.7 Å². The van der Waals surface area contributed by atoms with Crippen molar-refractivity contribution in [1.29, 1.82) is 0 Å². The molecule has 0 saturated carbocycles. The highest BCUT2D eigenvalue weighted by Gasteiger charge is 2.26. The summed E-state index contributed by atoms with van der Waals surface area (Å²) in [6, 6.07) is 8.81. The van der Waals surface area contributed by atoms with Crippen LogP contribution in [0.5, 0.6) is 0 Å². The highest BCUT2D eigenvalue weighted by Crippen LogP contribution is 2.15. The molecule has 0 spiro atoms. The maximum atomic E-state index is 12.3. The van der Waals surface area contributed by atoms with Gasteiger partial charge in [0.25, 0.3) is 0 Å². The molecule has 2 rings (SSSR count). The highest BCUT2D eigenvalue weighted by molar-refractivity contribution is 7.99. The number of hydrogen-bond donors (Lipinski definition) is 2. The van der Waals surface area contributed by atoms with Gasteiger partial charge in [0.2, 0.25) is 5.91 Å². The number of aromatic nitrogens is 3. The predicted octanol–water partition coefficient (Wildman–Crippen LogP) is 1.42. The second-order valence-corrected chi connectivity index (χ2v) is 7.07. The van der Waals surface area contributed by atoms with Crippen molar-refractivity contribution in [2.75, 3.05) is 12.9 Å². The summed E-state index contributed by atoms with van der Waals surface area (Å²) in [6.45, 7) is 4.17. The van der Waals surface area contributed by atoms with Crippen LogP contribution in [0.4, 0.5) is 0 Å². The lowest BCUT2D eigenvalue weighted by Gasteiger charge is -2.21. The Labute approximate surface area is 161 Å². The molecule has 1 amide bonds. The second-order valence-electron chi connectivity index (χ2n) is 6.13. The SMILES string of the molecule is CCC(C)C(NC(=O)CSc1n[nH]c(=O)n1Cc1ccccc1)C(=O)OC. The van der Waals surface area contributed by atoms with Crippen LogP contribution in [0.3, 0.4) is 0 Å². The number of carbonyl (C=O) groups is 2. The van der Waals surface area contributed by atoms with E-state index in [1.165, 1.54) is 11.7 Å². The molecule has 1 heterocycles. The van der Waals surface area contributed by atoms with Crippen LogP contribution in [0.1, 0.15) is 25.8 Å². The molecule has 8 nitrogen and oxygen atoms in total. The summed E-state index contributed by atoms with van der Waals surface area (Å²) in [6.07, 6.45) is 0.725. The van der Waals surface area contributed by atoms with Crippen molar-refractivity contribution in [3.63, 3.8) is 0 Å². The molecule has 0 aliphatic carbocycles. The normalized spacial score (nSPS) is 13.0. The number of hydrogen-bond acceptors (Lipinski definition) is 6. The first-order chi connectivity index (χ1) is 13.0. The van der Waals surface area contributed by atoms with Crippen LogP contribution in [-0.2, 0) is 20.9 Å². The lowest BCUT2D eigenvalue weighted by Crippen LogP contribution is -2.46. The lowest BCUT2D eigenvalue weighted by molar-refractivity contribution is -0.146. The third kappa shape index (κ3) is 5.72. The number of benzene rings is 1. The van der Waals surface area contributed by atoms with Crippen LogP contribution < -0.4 is 11.0 Å². The molecular weight excluding hydrogens is 368 g/mol. The molecule has 0 radical (unpaired) electrons. The van der Waals surface area contributed by atoms with Crippen molar-refractivity contribution < 1.29 is 14.3 Å². The van der Waals surface area contributed by atoms with Gasteiger partial charge in [-0.05, 0) is 11.5 Å². The van der Waals surface area contributed by atoms with E-state index in [0.29, 0.717) is 11.7 Å². The predicted molar refractivity (Wildman–Crippen MR) is 103 cm³/mol. The van der Waals surface area contributed by atoms with E-state index >= 15 is 0 Å². The first-order valence-electron chi connectivity index (χ1n) is 8.65. The average Bonchev–Trinajstić information content (AvgIpc) is 3.03. The van der Waals surface area contributed by atoms with Crippen molar-refractivity contribution in [3.8, 4) is 0 Å². The minimum absolute atomic E-state index is 0.0308. The zero-order chi connectivity index (χ0) is 19.8. The summed E-state index contributed by atoms with van der Waals surface area (Å²) in [5, 5.41) is 9.51. The number of rotatable bonds is 9. The fourth-order valence-corrected chi connectivity index (χ4v) is 3.22. The van der Waals surface area contributed by atoms with E-state index in [1.807, 2.05) is 44.2 Å². The largest absolute Gasteiger partial charge is 0.467 e. The van der Waals surface area contributed by atoms with E-state index in [0.717, 1.165) is 23.7 Å². The number of nitrogens with zero attached hydrogens (tertiary/aromatic N) is 2. The monoisotopic (exact) mass is 392 g/mol. The van der Waals surface area contributed by atoms with Gasteiger partial charge in [-0.2, -0.15) is 0 Å². The Morgan fingerprint density at radius 1 is 1.33 bits per heavy atom. The number of H-pyrrole nitrogens is 1. The topological polar surface area (TPSA) is 106 Å². The van der Waals surface area contributed by atoms with E-state index in [1.54, 1.807) is 0 Å². The fourth-order valence-electron chi connectivity index (χ4n) is 2.46. The molecule has 0 saturated heterocycles. The average molecular weight is 392 g/mol. The molecule has 0 aliphatic heterocycles. The minimum atomic E-state index is -0.696. The second kappa shape index (κ2) is 9.96. The molecule has 2 N–H and O–H groups in total. The Hall–Kier alpha value is -2.55. The molecule has 2 atom stereocenters. The Bertz CT molecular complexity index is 818. The number of aromatic amines is 1. The van der Waals surface area contributed by atoms with Crippen molar-refractivity contribution in [3.05, 3.63) is 46.4 Å². The number of thioether (sulfide) groups is 1. The molecule has 0 aliphatic rings. The minimum Gasteiger partial charge on any atom is -0.467 e. The first kappa shape index (κ1) is 20.8. The van der Waals surface area contributed by atoms with Gasteiger partial charge in [-0.3, -0.25) is 9.36 Å². The number of methoxy groups -OCH3 is 1. The van der Waals surface area contributed by atoms with Gasteiger partial charge < -0.3 is 10.1 Å². The maximum absolute atomic E-state index is 12.3. The summed E-state index contributed by atoms with van der Waals surface area (Å²) in [4.78, 5) is 36.1. The van der Waals surface area contributed by atoms with Gasteiger partial charge in [-0.15, -0.1) is 5.10 Å². The molecule has 2 unspecified atom stereocenters. The van der Waals surface area contributed by atoms with Gasteiger partial charge in [0.15, 0.2) is 5.16 Å². The molecule has 0 fully saturated rings. The third-order valence-corrected chi connectivity index (χ3v) is 5.20. The van der Waals surface area contributed by atoms with Crippen LogP contribution in [-0.4, -0.2) is 45.5 Å². The Morgan fingerprint density at radius 2 is 2.04 bits per heavy atom. The summed E-state index contributed by atoms with van der Waals surface area (Å²) >= 11 is 1.13. The Morgan fingerprint density at radius 3 is 2.67 bits per heavy atom. The molecule has 9 heteroatoms. The standard InChI is InChI=1S/C18H24N4O4S/c1-4-12(2)15(16(24)26-3)19-14(23)11-27-18-21-20-17(25)22(18)10-13-8-6-5-7-9-13/h5-9,12,15H,4,10-11H2,1-3H3,(H,19,23)(H,20,25). The summed E-state index contributed by atoms with van der Waals surface area (Å²) in [5.41, 5.74) is 0.614. The summed E-state index contributed by atoms with van der Waals surface area (Å²) in [7, 11) is 1.30. The molecule has 2 aromatic rings. The number of ether oxygens (including phenoxy) is 1. The van der Waals surface area contributed by atoms with E-state index in [9.17, 15) is 14.4 Å². The fraction of sp³-hybridized carbons (Fsp3) is 0.444. The van der Waals surface area contributed by atoms with Crippen molar-refractivity contribution in [1.82, 2.24) is 20.1 Å². The summed E-state index contributed by atoms with van der Waals surface area (Å²) in [5.74, 6) is -0.808. The number of carbonyl (C=O) groups excluding carboxylic acids is 2. The summed E-state index contributed by atoms with van der Waals surface area (Å²) < 4.78 is 6.24. The van der Waals surface area contributed by atoms with Gasteiger partial charge in [0.05, 0.1) is 19.4 Å². The van der Waals surface area contributed by atoms with Gasteiger partial charge in [0, 0.05) is 0 Å². The van der Waals surface area contributed by atoms with Crippen LogP contribution >= 0.6 is 11.8 Å². The quantitative estimate of drug-likeness (QED) is 0.494. The molecule has 0 bridgehead atoms. The van der Waals surface area contributed by atoms with Gasteiger partial charge in [0.1, 0.15) is 6.04 Å². The third-order valence-electron chi connectivity index (χ3n) is 4.22. The van der Waals surface area contributed by atoms with Crippen molar-refractivity contribution in [2.24, 2.45) is 5.92 Å². The number of amides is 1. The van der Waals surface area contributed by atoms with E-state index in [2.05, 4.69) is 15.5 Å². The Balaban J connectivity index is 2.01. The molecule has 1 aromatic carbocycles. The van der Waals surface area contributed by atoms with Gasteiger partial charge in [-0.1, -0.05) is 62.4 Å². The van der Waals surface area contributed by atoms with Gasteiger partial charge in [-0.25, -0.2) is 14.7 Å². The zero-order valence-corrected chi connectivity index (χ0v) is 16.4. The van der Waals surface area contributed by atoms with Crippen LogP contribution in [0.15, 0.2) is 40.3 Å². The van der Waals surface area contributed by atoms with Crippen molar-refractivity contribution in [2.45, 2.75) is 38.0 Å². The smallest absolute Gasteiger partial charge is 0.344 e. The molecule has 1 aromatic heterocycles. The lowest BCUT2D eigenvalue weighted by atomic mass is 9.99. The number of nitrogens with one attached hydrogen (secondary N) is 2. The van der Waals surface area contributed by atoms with Crippen LogP contribution in [0.2, 0.25) is 0 Å². The molecular formula is C18H24N4O4S. The first-order valence-corrected chi connectivity index (χ1v) is 9.63. The maximum Gasteiger partial charge on any atom is 0.344 e. The Kier molecular flexibility index (Phi) is 7.66. The van der Waals surface area contributed by atoms with E-state index in [4.69, 9.17) is 4.74 Å². The van der Waals surface area contributed by atoms with Crippen LogP contribution in [0.25, 0.3) is 0 Å². The zero-order valence-electron chi connectivity index (χ0n) is 15.6. The van der Waals surface area contributed by atoms with Crippen molar-refractivity contribution >= 4 is 23.6 Å². The molecule has 27 heavy (non-hydrogen) atoms. The van der Waals surface area contributed by atoms with E-state index < -0.39 is 12.0 Å². The highest BCUT2D eigenvalue weighted by atomic mass is 32.2. The van der Waals surface area contributed by atoms with E-state index in [-0.39, 0.29) is 23.3 Å². The number of esters is 1. The molecule has 146 valence electrons. The van der Waals surface area contributed by atoms with Crippen LogP contribution in [0, 0.1) is 5.92 Å².